The Bertz CT molecular complexity index is 1770. The first-order valence-electron chi connectivity index (χ1n) is 34.0. The molecule has 2 aromatic rings. The van der Waals surface area contributed by atoms with Crippen LogP contribution in [0.5, 0.6) is 0 Å². The summed E-state index contributed by atoms with van der Waals surface area (Å²) in [6.45, 7) is 18.4. The van der Waals surface area contributed by atoms with Crippen LogP contribution in [0, 0.1) is 0 Å². The summed E-state index contributed by atoms with van der Waals surface area (Å²) < 4.78 is 1.70. The first-order valence-corrected chi connectivity index (χ1v) is 35.1. The molecule has 0 amide bonds. The zero-order chi connectivity index (χ0) is 55.7. The minimum atomic E-state index is 1.03. The van der Waals surface area contributed by atoms with Gasteiger partial charge in [0.25, 0.3) is 0 Å². The minimum absolute atomic E-state index is 1.03. The molecule has 0 N–H and O–H groups in total. The van der Waals surface area contributed by atoms with Crippen LogP contribution in [0.15, 0.2) is 69.8 Å². The molecule has 0 aliphatic carbocycles. The summed E-state index contributed by atoms with van der Waals surface area (Å²) in [7, 11) is 0. The number of hydrogen-bond donors (Lipinski definition) is 0. The Hall–Kier alpha value is -2.51. The molecule has 0 atom stereocenters. The normalized spacial score (nSPS) is 12.9. The molecule has 0 saturated heterocycles. The maximum absolute atomic E-state index is 12.8. The SMILES string of the molecule is CCCCCCCCC=[CH][Ni][CH]=CCCCCCCCC.CCCCCCCCc1cc(CCCCCCCC)cc(C2=C(CCCCCC)C(CCCC)=C(c3cc(CCCCCC)cc(CCCCCC)c3)[N+]2=[N-])c1. The van der Waals surface area contributed by atoms with Crippen LogP contribution >= 0.6 is 0 Å². The van der Waals surface area contributed by atoms with Gasteiger partial charge in [0.05, 0.1) is 0 Å². The van der Waals surface area contributed by atoms with Gasteiger partial charge in [0.15, 0.2) is 0 Å². The van der Waals surface area contributed by atoms with E-state index >= 15 is 0 Å². The second-order valence-corrected chi connectivity index (χ2v) is 24.5. The molecular weight excluding hydrogens is 976 g/mol. The van der Waals surface area contributed by atoms with Gasteiger partial charge in [-0.2, -0.15) is 0 Å². The van der Waals surface area contributed by atoms with Crippen molar-refractivity contribution in [2.24, 2.45) is 0 Å². The van der Waals surface area contributed by atoms with Gasteiger partial charge in [0.2, 0.25) is 11.4 Å². The van der Waals surface area contributed by atoms with Crippen molar-refractivity contribution in [1.29, 1.82) is 0 Å². The largest absolute Gasteiger partial charge is 0.493 e. The van der Waals surface area contributed by atoms with Crippen molar-refractivity contribution < 1.29 is 19.1 Å². The summed E-state index contributed by atoms with van der Waals surface area (Å²) in [4.78, 5) is 0. The summed E-state index contributed by atoms with van der Waals surface area (Å²) in [6, 6.07) is 14.9. The first-order chi connectivity index (χ1) is 37.9. The van der Waals surface area contributed by atoms with Crippen LogP contribution in [0.4, 0.5) is 0 Å². The summed E-state index contributed by atoms with van der Waals surface area (Å²) in [5.74, 6) is 0. The molecule has 0 radical (unpaired) electrons. The first kappa shape index (κ1) is 70.6. The van der Waals surface area contributed by atoms with Crippen molar-refractivity contribution in [2.45, 2.75) is 351 Å². The van der Waals surface area contributed by atoms with Crippen molar-refractivity contribution in [1.82, 2.24) is 0 Å². The number of nitrogens with zero attached hydrogens (tertiary/aromatic N) is 2. The standard InChI is InChI=1S/C54H88N2.2C10H19.Ni/c1-7-13-19-24-26-30-35-47-40-48(36-31-27-25-20-14-8-2)44-50(43-47)54-52(38-32-23-17-11-5)51(37-18-12-6)53(56(54)55)49-41-45(33-28-21-15-9-3)39-46(42-49)34-29-22-16-10-4;2*1-3-5-7-9-10-8-6-4-2;/h39-44H,7-38H2,1-6H3;2*1,3H,4-10H2,2H3;. The van der Waals surface area contributed by atoms with E-state index < -0.39 is 0 Å². The number of unbranched alkanes of at least 4 members (excludes halogenated alkanes) is 32. The van der Waals surface area contributed by atoms with Crippen LogP contribution < -0.4 is 0 Å². The molecule has 1 aliphatic rings. The van der Waals surface area contributed by atoms with Gasteiger partial charge in [0, 0.05) is 22.3 Å². The Balaban J connectivity index is 0.000000811. The molecular formula is C74H126N2Ni. The van der Waals surface area contributed by atoms with E-state index in [1.807, 2.05) is 0 Å². The second-order valence-electron chi connectivity index (χ2n) is 23.5. The Morgan fingerprint density at radius 3 is 0.857 bits per heavy atom. The summed E-state index contributed by atoms with van der Waals surface area (Å²) >= 11 is 1.66. The Morgan fingerprint density at radius 1 is 0.299 bits per heavy atom. The number of rotatable bonds is 50. The molecule has 0 bridgehead atoms. The van der Waals surface area contributed by atoms with Crippen LogP contribution in [0.1, 0.15) is 358 Å². The maximum atomic E-state index is 12.8. The van der Waals surface area contributed by atoms with Crippen LogP contribution in [0.2, 0.25) is 0 Å². The topological polar surface area (TPSA) is 25.3 Å². The number of aryl methyl sites for hydroxylation is 4. The Morgan fingerprint density at radius 2 is 0.545 bits per heavy atom. The second kappa shape index (κ2) is 50.5. The van der Waals surface area contributed by atoms with E-state index in [-0.39, 0.29) is 0 Å². The summed E-state index contributed by atoms with van der Waals surface area (Å²) in [5.41, 5.74) is 26.1. The van der Waals surface area contributed by atoms with Crippen molar-refractivity contribution >= 4 is 11.4 Å². The molecule has 77 heavy (non-hydrogen) atoms. The van der Waals surface area contributed by atoms with Gasteiger partial charge in [-0.05, 0) is 124 Å². The van der Waals surface area contributed by atoms with E-state index in [9.17, 15) is 5.53 Å². The van der Waals surface area contributed by atoms with Crippen molar-refractivity contribution in [2.75, 3.05) is 0 Å². The van der Waals surface area contributed by atoms with Crippen molar-refractivity contribution in [3.05, 3.63) is 109 Å². The third kappa shape index (κ3) is 33.8. The van der Waals surface area contributed by atoms with Gasteiger partial charge >= 0.3 is 140 Å². The smallest absolute Gasteiger partial charge is 0.211 e. The van der Waals surface area contributed by atoms with Gasteiger partial charge in [0.1, 0.15) is 0 Å². The summed E-state index contributed by atoms with van der Waals surface area (Å²) in [5, 5.41) is 4.55. The minimum Gasteiger partial charge on any atom is -0.493 e. The third-order valence-corrected chi connectivity index (χ3v) is 16.9. The predicted octanol–water partition coefficient (Wildman–Crippen LogP) is 25.7. The van der Waals surface area contributed by atoms with E-state index in [4.69, 9.17) is 0 Å². The van der Waals surface area contributed by atoms with Crippen molar-refractivity contribution in [3.63, 3.8) is 0 Å². The third-order valence-electron chi connectivity index (χ3n) is 16.1. The molecule has 1 aliphatic heterocycles. The van der Waals surface area contributed by atoms with Gasteiger partial charge in [-0.15, -0.1) is 0 Å². The molecule has 2 aromatic carbocycles. The van der Waals surface area contributed by atoms with Gasteiger partial charge in [-0.1, -0.05) is 182 Å². The molecule has 0 spiro atoms. The quantitative estimate of drug-likeness (QED) is 0.0358. The molecule has 1 heterocycles. The van der Waals surface area contributed by atoms with E-state index in [2.05, 4.69) is 114 Å². The van der Waals surface area contributed by atoms with E-state index in [0.29, 0.717) is 0 Å². The number of allylic oxidation sites excluding steroid dienone is 4. The Labute approximate surface area is 487 Å². The van der Waals surface area contributed by atoms with Gasteiger partial charge < -0.3 is 5.53 Å². The van der Waals surface area contributed by atoms with Crippen LogP contribution in [-0.4, -0.2) is 4.70 Å². The van der Waals surface area contributed by atoms with Crippen LogP contribution in [0.25, 0.3) is 16.9 Å². The molecule has 0 unspecified atom stereocenters. The monoisotopic (exact) mass is 1100 g/mol. The molecule has 0 aromatic heterocycles. The van der Waals surface area contributed by atoms with Crippen LogP contribution in [-0.2, 0) is 40.1 Å². The van der Waals surface area contributed by atoms with Crippen molar-refractivity contribution in [3.8, 4) is 0 Å². The van der Waals surface area contributed by atoms with E-state index in [1.165, 1.54) is 289 Å². The molecule has 3 heteroatoms. The zero-order valence-electron chi connectivity index (χ0n) is 52.5. The van der Waals surface area contributed by atoms with Gasteiger partial charge in [-0.25, -0.2) is 4.70 Å². The fourth-order valence-electron chi connectivity index (χ4n) is 11.3. The van der Waals surface area contributed by atoms with E-state index in [0.717, 1.165) is 62.8 Å². The number of hydrogen-bond acceptors (Lipinski definition) is 0. The molecule has 3 rings (SSSR count). The summed E-state index contributed by atoms with van der Waals surface area (Å²) in [6.07, 6.45) is 64.0. The fraction of sp³-hybridized carbons (Fsp3) is 0.730. The number of benzene rings is 2. The van der Waals surface area contributed by atoms with Crippen LogP contribution in [0.3, 0.4) is 0 Å². The van der Waals surface area contributed by atoms with E-state index in [1.54, 1.807) is 19.1 Å². The molecule has 0 fully saturated rings. The Kier molecular flexibility index (Phi) is 46.3. The molecule has 442 valence electrons. The molecule has 0 saturated carbocycles. The average Bonchev–Trinajstić information content (AvgIpc) is 3.74. The zero-order valence-corrected chi connectivity index (χ0v) is 53.5. The maximum Gasteiger partial charge on any atom is 0.211 e. The predicted molar refractivity (Wildman–Crippen MR) is 343 cm³/mol. The fourth-order valence-corrected chi connectivity index (χ4v) is 12.0. The van der Waals surface area contributed by atoms with Gasteiger partial charge in [-0.3, -0.25) is 0 Å². The average molecular weight is 1100 g/mol. The molecule has 2 nitrogen and oxygen atoms in total.